The summed E-state index contributed by atoms with van der Waals surface area (Å²) in [5.41, 5.74) is 5.15. The molecule has 1 unspecified atom stereocenters. The van der Waals surface area contributed by atoms with Gasteiger partial charge in [0, 0.05) is 16.8 Å². The fourth-order valence-corrected chi connectivity index (χ4v) is 2.55. The molecule has 0 amide bonds. The van der Waals surface area contributed by atoms with Gasteiger partial charge in [-0.15, -0.1) is 0 Å². The Balaban J connectivity index is 1.95. The molecule has 0 aliphatic heterocycles. The van der Waals surface area contributed by atoms with E-state index in [1.807, 2.05) is 24.4 Å². The summed E-state index contributed by atoms with van der Waals surface area (Å²) in [5, 5.41) is 4.65. The van der Waals surface area contributed by atoms with Crippen LogP contribution >= 0.6 is 11.6 Å². The minimum Gasteiger partial charge on any atom is -0.271 e. The first-order valence-corrected chi connectivity index (χ1v) is 6.89. The number of nitrogens with one attached hydrogen (secondary N) is 1. The highest BCUT2D eigenvalue weighted by Crippen LogP contribution is 2.24. The summed E-state index contributed by atoms with van der Waals surface area (Å²) in [6.45, 7) is 0. The van der Waals surface area contributed by atoms with Gasteiger partial charge in [0.2, 0.25) is 0 Å². The summed E-state index contributed by atoms with van der Waals surface area (Å²) in [7, 11) is 0. The van der Waals surface area contributed by atoms with Crippen LogP contribution in [0.25, 0.3) is 5.52 Å². The number of hydrogen-bond donors (Lipinski definition) is 2. The van der Waals surface area contributed by atoms with Crippen LogP contribution in [0.5, 0.6) is 0 Å². The van der Waals surface area contributed by atoms with Crippen LogP contribution in [-0.2, 0) is 6.42 Å². The van der Waals surface area contributed by atoms with Crippen molar-refractivity contribution in [1.29, 1.82) is 0 Å². The van der Waals surface area contributed by atoms with E-state index in [-0.39, 0.29) is 11.9 Å². The number of benzene rings is 1. The van der Waals surface area contributed by atoms with Crippen molar-refractivity contribution in [2.45, 2.75) is 12.5 Å². The lowest BCUT2D eigenvalue weighted by Gasteiger charge is -2.15. The highest BCUT2D eigenvalue weighted by Gasteiger charge is 2.17. The van der Waals surface area contributed by atoms with Crippen LogP contribution in [0.1, 0.15) is 17.2 Å². The summed E-state index contributed by atoms with van der Waals surface area (Å²) in [5.74, 6) is 5.31. The third-order valence-corrected chi connectivity index (χ3v) is 3.71. The third kappa shape index (κ3) is 2.76. The van der Waals surface area contributed by atoms with E-state index < -0.39 is 0 Å². The maximum Gasteiger partial charge on any atom is 0.127 e. The summed E-state index contributed by atoms with van der Waals surface area (Å²) >= 11 is 5.77. The van der Waals surface area contributed by atoms with Gasteiger partial charge in [-0.3, -0.25) is 11.3 Å². The van der Waals surface area contributed by atoms with Gasteiger partial charge in [0.25, 0.3) is 0 Å². The largest absolute Gasteiger partial charge is 0.271 e. The molecule has 0 spiro atoms. The van der Waals surface area contributed by atoms with Crippen LogP contribution in [0, 0.1) is 5.82 Å². The molecule has 3 aromatic rings. The minimum absolute atomic E-state index is 0.236. The minimum atomic E-state index is -0.334. The average Bonchev–Trinajstić information content (AvgIpc) is 2.91. The van der Waals surface area contributed by atoms with Crippen LogP contribution in [0.3, 0.4) is 0 Å². The zero-order chi connectivity index (χ0) is 14.8. The predicted octanol–water partition coefficient (Wildman–Crippen LogP) is 2.87. The molecule has 3 N–H and O–H groups in total. The number of hydrogen-bond acceptors (Lipinski definition) is 3. The average molecular weight is 305 g/mol. The zero-order valence-electron chi connectivity index (χ0n) is 11.1. The van der Waals surface area contributed by atoms with Crippen molar-refractivity contribution in [2.75, 3.05) is 0 Å². The predicted molar refractivity (Wildman–Crippen MR) is 80.4 cm³/mol. The van der Waals surface area contributed by atoms with E-state index >= 15 is 0 Å². The second kappa shape index (κ2) is 5.81. The molecule has 2 aromatic heterocycles. The molecule has 108 valence electrons. The number of fused-ring (bicyclic) bond motifs is 1. The number of rotatable bonds is 4. The van der Waals surface area contributed by atoms with Gasteiger partial charge in [-0.2, -0.15) is 5.10 Å². The van der Waals surface area contributed by atoms with E-state index in [2.05, 4.69) is 10.5 Å². The van der Waals surface area contributed by atoms with Crippen LogP contribution < -0.4 is 11.3 Å². The second-order valence-corrected chi connectivity index (χ2v) is 5.23. The molecule has 0 aliphatic carbocycles. The Hall–Kier alpha value is -1.95. The fraction of sp³-hybridized carbons (Fsp3) is 0.133. The van der Waals surface area contributed by atoms with Crippen LogP contribution in [0.2, 0.25) is 5.02 Å². The number of halogens is 2. The van der Waals surface area contributed by atoms with E-state index in [0.29, 0.717) is 17.0 Å². The smallest absolute Gasteiger partial charge is 0.127 e. The summed E-state index contributed by atoms with van der Waals surface area (Å²) in [6.07, 6.45) is 4.01. The lowest BCUT2D eigenvalue weighted by molar-refractivity contribution is 0.531. The van der Waals surface area contributed by atoms with E-state index in [1.165, 1.54) is 6.07 Å². The number of hydrazine groups is 1. The third-order valence-electron chi connectivity index (χ3n) is 3.47. The van der Waals surface area contributed by atoms with Crippen LogP contribution in [0.4, 0.5) is 4.39 Å². The Morgan fingerprint density at radius 1 is 1.33 bits per heavy atom. The molecule has 1 aromatic carbocycles. The molecular formula is C15H14ClFN4. The Morgan fingerprint density at radius 2 is 2.19 bits per heavy atom. The van der Waals surface area contributed by atoms with Crippen molar-refractivity contribution in [3.63, 3.8) is 0 Å². The number of aromatic nitrogens is 2. The molecule has 0 saturated carbocycles. The van der Waals surface area contributed by atoms with Crippen LogP contribution in [-0.4, -0.2) is 9.61 Å². The van der Waals surface area contributed by atoms with Gasteiger partial charge in [-0.1, -0.05) is 23.7 Å². The maximum atomic E-state index is 13.9. The number of nitrogens with two attached hydrogens (primary N) is 1. The van der Waals surface area contributed by atoms with Gasteiger partial charge in [0.15, 0.2) is 0 Å². The van der Waals surface area contributed by atoms with E-state index in [9.17, 15) is 4.39 Å². The molecular weight excluding hydrogens is 291 g/mol. The fourth-order valence-electron chi connectivity index (χ4n) is 2.39. The molecule has 4 nitrogen and oxygen atoms in total. The summed E-state index contributed by atoms with van der Waals surface area (Å²) in [6, 6.07) is 10.2. The van der Waals surface area contributed by atoms with E-state index in [0.717, 1.165) is 11.1 Å². The molecule has 1 atom stereocenters. The summed E-state index contributed by atoms with van der Waals surface area (Å²) < 4.78 is 15.7. The Morgan fingerprint density at radius 3 is 2.95 bits per heavy atom. The molecule has 0 fully saturated rings. The van der Waals surface area contributed by atoms with Gasteiger partial charge in [-0.05, 0) is 36.2 Å². The van der Waals surface area contributed by atoms with Crippen molar-refractivity contribution in [1.82, 2.24) is 15.0 Å². The first-order chi connectivity index (χ1) is 10.2. The van der Waals surface area contributed by atoms with E-state index in [4.69, 9.17) is 17.4 Å². The molecule has 3 rings (SSSR count). The molecule has 0 bridgehead atoms. The van der Waals surface area contributed by atoms with Crippen molar-refractivity contribution < 1.29 is 4.39 Å². The Labute approximate surface area is 126 Å². The van der Waals surface area contributed by atoms with Gasteiger partial charge >= 0.3 is 0 Å². The summed E-state index contributed by atoms with van der Waals surface area (Å²) in [4.78, 5) is 0. The number of pyridine rings is 1. The monoisotopic (exact) mass is 304 g/mol. The van der Waals surface area contributed by atoms with Crippen molar-refractivity contribution >= 4 is 17.1 Å². The van der Waals surface area contributed by atoms with Gasteiger partial charge < -0.3 is 0 Å². The topological polar surface area (TPSA) is 55.3 Å². The highest BCUT2D eigenvalue weighted by molar-refractivity contribution is 6.30. The Bertz CT molecular complexity index is 771. The molecule has 0 radical (unpaired) electrons. The van der Waals surface area contributed by atoms with Crippen molar-refractivity contribution in [3.8, 4) is 0 Å². The zero-order valence-corrected chi connectivity index (χ0v) is 11.9. The maximum absolute atomic E-state index is 13.9. The van der Waals surface area contributed by atoms with Gasteiger partial charge in [0.05, 0.1) is 17.8 Å². The molecule has 0 aliphatic rings. The van der Waals surface area contributed by atoms with Gasteiger partial charge in [-0.25, -0.2) is 8.91 Å². The SMILES string of the molecule is NNC(Cc1ccc(Cl)cc1F)c1cnn2ccccc12. The number of nitrogens with zero attached hydrogens (tertiary/aromatic N) is 2. The first-order valence-electron chi connectivity index (χ1n) is 6.51. The molecule has 0 saturated heterocycles. The van der Waals surface area contributed by atoms with Crippen molar-refractivity contribution in [2.24, 2.45) is 5.84 Å². The highest BCUT2D eigenvalue weighted by atomic mass is 35.5. The van der Waals surface area contributed by atoms with E-state index in [1.54, 1.807) is 22.8 Å². The first kappa shape index (κ1) is 14.0. The molecule has 6 heteroatoms. The Kier molecular flexibility index (Phi) is 3.88. The quantitative estimate of drug-likeness (QED) is 0.575. The normalized spacial score (nSPS) is 12.7. The molecule has 2 heterocycles. The van der Waals surface area contributed by atoms with Crippen molar-refractivity contribution in [3.05, 3.63) is 70.8 Å². The van der Waals surface area contributed by atoms with Crippen LogP contribution in [0.15, 0.2) is 48.8 Å². The standard InChI is InChI=1S/C15H14ClFN4/c16-11-5-4-10(13(17)8-11)7-14(20-18)12-9-19-21-6-2-1-3-15(12)21/h1-6,8-9,14,20H,7,18H2. The van der Waals surface area contributed by atoms with Gasteiger partial charge in [0.1, 0.15) is 5.82 Å². The lowest BCUT2D eigenvalue weighted by Crippen LogP contribution is -2.29. The lowest BCUT2D eigenvalue weighted by atomic mass is 10.00. The molecule has 21 heavy (non-hydrogen) atoms. The second-order valence-electron chi connectivity index (χ2n) is 4.79.